The molecule has 3 aliphatic rings. The largest absolute Gasteiger partial charge is 0.388 e. The highest BCUT2D eigenvalue weighted by atomic mass is 16.8. The fourth-order valence-electron chi connectivity index (χ4n) is 4.86. The van der Waals surface area contributed by atoms with Crippen molar-refractivity contribution in [3.05, 3.63) is 0 Å². The van der Waals surface area contributed by atoms with Gasteiger partial charge in [-0.2, -0.15) is 0 Å². The Morgan fingerprint density at radius 2 is 1.09 bits per heavy atom. The van der Waals surface area contributed by atoms with Gasteiger partial charge in [-0.25, -0.2) is 0 Å². The Balaban J connectivity index is 1.69. The van der Waals surface area contributed by atoms with E-state index in [2.05, 4.69) is 0 Å². The zero-order valence-corrected chi connectivity index (χ0v) is 20.8. The lowest BCUT2D eigenvalue weighted by Gasteiger charge is -2.48. The first-order valence-corrected chi connectivity index (χ1v) is 11.6. The minimum Gasteiger partial charge on any atom is -0.388 e. The summed E-state index contributed by atoms with van der Waals surface area (Å²) < 4.78 is 51.2. The van der Waals surface area contributed by atoms with Gasteiger partial charge in [-0.1, -0.05) is 0 Å². The molecule has 0 aromatic rings. The van der Waals surface area contributed by atoms with E-state index in [1.807, 2.05) is 0 Å². The fourth-order valence-corrected chi connectivity index (χ4v) is 4.86. The minimum absolute atomic E-state index is 0.308. The topological polar surface area (TPSA) is 144 Å². The van der Waals surface area contributed by atoms with Crippen molar-refractivity contribution < 1.29 is 58.0 Å². The third-order valence-corrected chi connectivity index (χ3v) is 6.83. The number of rotatable bonds is 8. The Labute approximate surface area is 200 Å². The highest BCUT2D eigenvalue weighted by Crippen LogP contribution is 2.33. The van der Waals surface area contributed by atoms with Crippen molar-refractivity contribution >= 4 is 0 Å². The number of aliphatic hydroxyl groups excluding tert-OH is 3. The average molecular weight is 497 g/mol. The van der Waals surface area contributed by atoms with E-state index in [-0.39, 0.29) is 0 Å². The monoisotopic (exact) mass is 496 g/mol. The first-order chi connectivity index (χ1) is 16.2. The lowest BCUT2D eigenvalue weighted by Crippen LogP contribution is -2.64. The molecule has 200 valence electrons. The molecule has 0 bridgehead atoms. The highest BCUT2D eigenvalue weighted by Gasteiger charge is 2.51. The lowest BCUT2D eigenvalue weighted by atomic mass is 9.97. The summed E-state index contributed by atoms with van der Waals surface area (Å²) in [6.45, 7) is 5.27. The summed E-state index contributed by atoms with van der Waals surface area (Å²) in [6, 6.07) is 0. The van der Waals surface area contributed by atoms with E-state index in [0.29, 0.717) is 6.42 Å². The Kier molecular flexibility index (Phi) is 10.1. The van der Waals surface area contributed by atoms with Gasteiger partial charge in [0.2, 0.25) is 0 Å². The normalized spacial score (nSPS) is 50.3. The molecule has 0 aromatic carbocycles. The number of methoxy groups -OCH3 is 4. The van der Waals surface area contributed by atoms with Gasteiger partial charge in [0.1, 0.15) is 42.7 Å². The molecule has 0 aliphatic carbocycles. The van der Waals surface area contributed by atoms with E-state index < -0.39 is 86.0 Å². The summed E-state index contributed by atoms with van der Waals surface area (Å²) in [5.74, 6) is 0. The standard InChI is InChI=1S/C22H40O12/c1-9-14(23)12(26-4)8-13(30-9)33-17-10(2)32-22(16(25)20(17)28-6)34-18-11(3)31-21(29-7)15(24)19(18)27-5/h9-25H,8H2,1-7H3/t9-,10-,11+,12-,13+,14-,15+,16-,17-,18+,19-,20+,21-,22+/m1/s1. The number of hydrogen-bond donors (Lipinski definition) is 3. The van der Waals surface area contributed by atoms with Crippen LogP contribution in [0.25, 0.3) is 0 Å². The second-order valence-corrected chi connectivity index (χ2v) is 9.01. The SMILES string of the molecule is CO[C@@H]1O[C@@H](C)[C@H](O[C@@H]2O[C@H](C)[C@@H](O[C@H]3C[C@@H](OC)[C@H](O)[C@@H](C)O3)[C@@H](OC)[C@H]2O)[C@H](OC)[C@@H]1O. The van der Waals surface area contributed by atoms with Gasteiger partial charge in [0.25, 0.3) is 0 Å². The van der Waals surface area contributed by atoms with Crippen LogP contribution in [-0.4, -0.2) is 130 Å². The van der Waals surface area contributed by atoms with Crippen LogP contribution < -0.4 is 0 Å². The van der Waals surface area contributed by atoms with E-state index in [1.54, 1.807) is 20.8 Å². The number of aliphatic hydroxyl groups is 3. The Morgan fingerprint density at radius 3 is 1.62 bits per heavy atom. The second-order valence-electron chi connectivity index (χ2n) is 9.01. The first-order valence-electron chi connectivity index (χ1n) is 11.6. The molecule has 0 spiro atoms. The lowest BCUT2D eigenvalue weighted by molar-refractivity contribution is -0.367. The number of ether oxygens (including phenoxy) is 9. The molecular formula is C22H40O12. The summed E-state index contributed by atoms with van der Waals surface area (Å²) in [5, 5.41) is 31.8. The van der Waals surface area contributed by atoms with Gasteiger partial charge < -0.3 is 58.0 Å². The van der Waals surface area contributed by atoms with Crippen molar-refractivity contribution in [2.24, 2.45) is 0 Å². The molecule has 14 atom stereocenters. The van der Waals surface area contributed by atoms with Gasteiger partial charge in [-0.05, 0) is 20.8 Å². The maximum atomic E-state index is 11.0. The van der Waals surface area contributed by atoms with Crippen molar-refractivity contribution in [1.82, 2.24) is 0 Å². The fraction of sp³-hybridized carbons (Fsp3) is 1.00. The zero-order valence-electron chi connectivity index (χ0n) is 20.8. The first kappa shape index (κ1) is 28.1. The molecule has 3 rings (SSSR count). The third-order valence-electron chi connectivity index (χ3n) is 6.83. The summed E-state index contributed by atoms with van der Waals surface area (Å²) in [6.07, 6.45) is -10.5. The van der Waals surface area contributed by atoms with Crippen LogP contribution in [0.3, 0.4) is 0 Å². The molecule has 34 heavy (non-hydrogen) atoms. The Hall–Kier alpha value is -0.480. The van der Waals surface area contributed by atoms with Crippen molar-refractivity contribution in [1.29, 1.82) is 0 Å². The molecule has 0 unspecified atom stereocenters. The summed E-state index contributed by atoms with van der Waals surface area (Å²) in [5.41, 5.74) is 0. The maximum absolute atomic E-state index is 11.0. The van der Waals surface area contributed by atoms with Gasteiger partial charge >= 0.3 is 0 Å². The summed E-state index contributed by atoms with van der Waals surface area (Å²) in [4.78, 5) is 0. The molecule has 3 fully saturated rings. The molecular weight excluding hydrogens is 456 g/mol. The van der Waals surface area contributed by atoms with Crippen LogP contribution in [0.4, 0.5) is 0 Å². The van der Waals surface area contributed by atoms with Crippen LogP contribution in [0.2, 0.25) is 0 Å². The van der Waals surface area contributed by atoms with Crippen molar-refractivity contribution in [2.45, 2.75) is 113 Å². The van der Waals surface area contributed by atoms with Gasteiger partial charge in [0.05, 0.1) is 24.4 Å². The van der Waals surface area contributed by atoms with Gasteiger partial charge in [0.15, 0.2) is 18.9 Å². The van der Waals surface area contributed by atoms with Crippen LogP contribution in [0.15, 0.2) is 0 Å². The Morgan fingerprint density at radius 1 is 0.559 bits per heavy atom. The van der Waals surface area contributed by atoms with Gasteiger partial charge in [-0.15, -0.1) is 0 Å². The third kappa shape index (κ3) is 5.74. The van der Waals surface area contributed by atoms with Crippen LogP contribution in [0.1, 0.15) is 27.2 Å². The predicted octanol–water partition coefficient (Wildman–Crippen LogP) is -0.845. The highest BCUT2D eigenvalue weighted by molar-refractivity contribution is 4.94. The van der Waals surface area contributed by atoms with Crippen LogP contribution >= 0.6 is 0 Å². The predicted molar refractivity (Wildman–Crippen MR) is 115 cm³/mol. The quantitative estimate of drug-likeness (QED) is 0.385. The van der Waals surface area contributed by atoms with E-state index in [9.17, 15) is 15.3 Å². The van der Waals surface area contributed by atoms with E-state index in [1.165, 1.54) is 28.4 Å². The van der Waals surface area contributed by atoms with Gasteiger partial charge in [0, 0.05) is 34.9 Å². The molecule has 3 heterocycles. The van der Waals surface area contributed by atoms with Crippen LogP contribution in [0.5, 0.6) is 0 Å². The number of hydrogen-bond acceptors (Lipinski definition) is 12. The van der Waals surface area contributed by atoms with E-state index >= 15 is 0 Å². The molecule has 3 N–H and O–H groups in total. The molecule has 12 heteroatoms. The zero-order chi connectivity index (χ0) is 25.2. The van der Waals surface area contributed by atoms with Gasteiger partial charge in [-0.3, -0.25) is 0 Å². The van der Waals surface area contributed by atoms with Crippen LogP contribution in [-0.2, 0) is 42.6 Å². The minimum atomic E-state index is -1.22. The summed E-state index contributed by atoms with van der Waals surface area (Å²) in [7, 11) is 5.86. The van der Waals surface area contributed by atoms with Crippen LogP contribution in [0, 0.1) is 0 Å². The maximum Gasteiger partial charge on any atom is 0.187 e. The molecule has 12 nitrogen and oxygen atoms in total. The average Bonchev–Trinajstić information content (AvgIpc) is 2.81. The molecule has 0 saturated carbocycles. The van der Waals surface area contributed by atoms with Crippen molar-refractivity contribution in [2.75, 3.05) is 28.4 Å². The molecule has 0 aromatic heterocycles. The summed E-state index contributed by atoms with van der Waals surface area (Å²) >= 11 is 0. The molecule has 3 aliphatic heterocycles. The molecule has 3 saturated heterocycles. The van der Waals surface area contributed by atoms with Crippen molar-refractivity contribution in [3.8, 4) is 0 Å². The van der Waals surface area contributed by atoms with Crippen molar-refractivity contribution in [3.63, 3.8) is 0 Å². The van der Waals surface area contributed by atoms with E-state index in [0.717, 1.165) is 0 Å². The van der Waals surface area contributed by atoms with E-state index in [4.69, 9.17) is 42.6 Å². The Bertz CT molecular complexity index is 625. The molecule has 0 radical (unpaired) electrons. The second kappa shape index (κ2) is 12.2. The molecule has 0 amide bonds. The smallest absolute Gasteiger partial charge is 0.187 e.